The summed E-state index contributed by atoms with van der Waals surface area (Å²) in [5.74, 6) is 1.51. The zero-order valence-electron chi connectivity index (χ0n) is 14.5. The smallest absolute Gasteiger partial charge is 0.387 e. The monoisotopic (exact) mass is 511 g/mol. The van der Waals surface area contributed by atoms with Crippen LogP contribution in [0.3, 0.4) is 0 Å². The highest BCUT2D eigenvalue weighted by atomic mass is 127. The molecule has 0 saturated heterocycles. The van der Waals surface area contributed by atoms with Gasteiger partial charge in [-0.05, 0) is 23.9 Å². The molecule has 2 aromatic rings. The highest BCUT2D eigenvalue weighted by Gasteiger charge is 2.20. The number of hydrogen-bond acceptors (Lipinski definition) is 5. The van der Waals surface area contributed by atoms with Crippen molar-refractivity contribution in [3.8, 4) is 17.2 Å². The lowest BCUT2D eigenvalue weighted by Crippen LogP contribution is -2.37. The Bertz CT molecular complexity index is 760. The summed E-state index contributed by atoms with van der Waals surface area (Å²) in [5.41, 5.74) is 0.524. The van der Waals surface area contributed by atoms with Crippen LogP contribution in [0.2, 0.25) is 0 Å². The van der Waals surface area contributed by atoms with Crippen LogP contribution < -0.4 is 24.8 Å². The largest absolute Gasteiger partial charge is 0.454 e. The number of halogens is 3. The SMILES string of the molecule is CN=C(NCCc1cccs1)NCc1cc2c(cc1OC(F)F)OCO2.I. The fraction of sp³-hybridized carbons (Fsp3) is 0.353. The average Bonchev–Trinajstić information content (AvgIpc) is 3.28. The number of aliphatic imine (C=N–C) groups is 1. The molecule has 0 unspecified atom stereocenters. The maximum absolute atomic E-state index is 12.7. The van der Waals surface area contributed by atoms with Crippen LogP contribution in [0, 0.1) is 0 Å². The first-order valence-electron chi connectivity index (χ1n) is 8.00. The molecule has 0 fully saturated rings. The maximum atomic E-state index is 12.7. The van der Waals surface area contributed by atoms with Gasteiger partial charge in [0.25, 0.3) is 0 Å². The number of ether oxygens (including phenoxy) is 3. The number of nitrogens with zero attached hydrogens (tertiary/aromatic N) is 1. The molecule has 1 aromatic heterocycles. The second kappa shape index (κ2) is 10.5. The Hall–Kier alpha value is -1.82. The van der Waals surface area contributed by atoms with Crippen molar-refractivity contribution < 1.29 is 23.0 Å². The highest BCUT2D eigenvalue weighted by molar-refractivity contribution is 14.0. The van der Waals surface area contributed by atoms with E-state index in [1.807, 2.05) is 11.4 Å². The summed E-state index contributed by atoms with van der Waals surface area (Å²) in [7, 11) is 1.65. The van der Waals surface area contributed by atoms with E-state index < -0.39 is 6.61 Å². The molecule has 10 heteroatoms. The van der Waals surface area contributed by atoms with Crippen molar-refractivity contribution in [2.24, 2.45) is 4.99 Å². The molecule has 0 amide bonds. The number of fused-ring (bicyclic) bond motifs is 1. The molecule has 2 N–H and O–H groups in total. The Labute approximate surface area is 176 Å². The summed E-state index contributed by atoms with van der Waals surface area (Å²) >= 11 is 1.70. The predicted octanol–water partition coefficient (Wildman–Crippen LogP) is 3.60. The molecular formula is C17H20F2IN3O3S. The molecule has 6 nitrogen and oxygen atoms in total. The normalized spacial score (nSPS) is 12.7. The minimum absolute atomic E-state index is 0. The van der Waals surface area contributed by atoms with Gasteiger partial charge in [-0.1, -0.05) is 6.07 Å². The van der Waals surface area contributed by atoms with Crippen molar-refractivity contribution >= 4 is 41.3 Å². The van der Waals surface area contributed by atoms with Crippen LogP contribution in [0.5, 0.6) is 17.2 Å². The van der Waals surface area contributed by atoms with E-state index in [9.17, 15) is 8.78 Å². The Balaban J connectivity index is 0.00000261. The summed E-state index contributed by atoms with van der Waals surface area (Å²) in [6.45, 7) is -1.90. The molecule has 2 heterocycles. The van der Waals surface area contributed by atoms with Crippen LogP contribution in [0.1, 0.15) is 10.4 Å². The van der Waals surface area contributed by atoms with E-state index in [2.05, 4.69) is 26.4 Å². The standard InChI is InChI=1S/C17H19F2N3O3S.HI/c1-20-17(21-5-4-12-3-2-6-26-12)22-9-11-7-14-15(24-10-23-14)8-13(11)25-16(18)19;/h2-3,6-8,16H,4-5,9-10H2,1H3,(H2,20,21,22);1H. The van der Waals surface area contributed by atoms with Crippen molar-refractivity contribution in [3.05, 3.63) is 40.1 Å². The van der Waals surface area contributed by atoms with Crippen molar-refractivity contribution in [3.63, 3.8) is 0 Å². The van der Waals surface area contributed by atoms with E-state index in [1.54, 1.807) is 24.5 Å². The van der Waals surface area contributed by atoms with Crippen LogP contribution in [0.15, 0.2) is 34.6 Å². The summed E-state index contributed by atoms with van der Waals surface area (Å²) in [6.07, 6.45) is 0.877. The zero-order valence-corrected chi connectivity index (χ0v) is 17.7. The third kappa shape index (κ3) is 6.09. The Morgan fingerprint density at radius 2 is 2.07 bits per heavy atom. The van der Waals surface area contributed by atoms with E-state index in [-0.39, 0.29) is 43.1 Å². The molecule has 0 radical (unpaired) electrons. The number of nitrogens with one attached hydrogen (secondary N) is 2. The van der Waals surface area contributed by atoms with Crippen LogP contribution in [0.25, 0.3) is 0 Å². The topological polar surface area (TPSA) is 64.1 Å². The van der Waals surface area contributed by atoms with Crippen LogP contribution in [0.4, 0.5) is 8.78 Å². The first kappa shape index (κ1) is 21.5. The predicted molar refractivity (Wildman–Crippen MR) is 111 cm³/mol. The van der Waals surface area contributed by atoms with Gasteiger partial charge in [-0.3, -0.25) is 4.99 Å². The second-order valence-electron chi connectivity index (χ2n) is 5.37. The van der Waals surface area contributed by atoms with Crippen molar-refractivity contribution in [2.45, 2.75) is 19.6 Å². The minimum Gasteiger partial charge on any atom is -0.454 e. The summed E-state index contributed by atoms with van der Waals surface area (Å²) < 4.78 is 40.4. The van der Waals surface area contributed by atoms with Gasteiger partial charge in [0.15, 0.2) is 17.5 Å². The molecule has 27 heavy (non-hydrogen) atoms. The molecule has 1 aromatic carbocycles. The first-order valence-corrected chi connectivity index (χ1v) is 8.88. The van der Waals surface area contributed by atoms with Gasteiger partial charge in [-0.25, -0.2) is 0 Å². The average molecular weight is 511 g/mol. The third-order valence-electron chi connectivity index (χ3n) is 3.69. The van der Waals surface area contributed by atoms with E-state index in [1.165, 1.54) is 10.9 Å². The molecule has 0 atom stereocenters. The lowest BCUT2D eigenvalue weighted by molar-refractivity contribution is -0.0505. The lowest BCUT2D eigenvalue weighted by atomic mass is 10.1. The number of hydrogen-bond donors (Lipinski definition) is 2. The van der Waals surface area contributed by atoms with Gasteiger partial charge >= 0.3 is 6.61 Å². The number of benzene rings is 1. The van der Waals surface area contributed by atoms with Crippen molar-refractivity contribution in [2.75, 3.05) is 20.4 Å². The van der Waals surface area contributed by atoms with Gasteiger partial charge in [0, 0.05) is 36.6 Å². The Morgan fingerprint density at radius 1 is 1.30 bits per heavy atom. The highest BCUT2D eigenvalue weighted by Crippen LogP contribution is 2.38. The van der Waals surface area contributed by atoms with E-state index in [4.69, 9.17) is 9.47 Å². The second-order valence-corrected chi connectivity index (χ2v) is 6.41. The first-order chi connectivity index (χ1) is 12.7. The van der Waals surface area contributed by atoms with Crippen LogP contribution in [-0.2, 0) is 13.0 Å². The Kier molecular flexibility index (Phi) is 8.35. The molecule has 3 rings (SSSR count). The van der Waals surface area contributed by atoms with Gasteiger partial charge in [0.1, 0.15) is 5.75 Å². The van der Waals surface area contributed by atoms with Gasteiger partial charge in [0.2, 0.25) is 6.79 Å². The summed E-state index contributed by atoms with van der Waals surface area (Å²) in [4.78, 5) is 5.41. The molecule has 1 aliphatic rings. The number of thiophene rings is 1. The summed E-state index contributed by atoms with van der Waals surface area (Å²) in [6, 6.07) is 7.13. The van der Waals surface area contributed by atoms with E-state index in [0.717, 1.165) is 6.42 Å². The van der Waals surface area contributed by atoms with E-state index in [0.29, 0.717) is 29.6 Å². The number of rotatable bonds is 7. The van der Waals surface area contributed by atoms with Gasteiger partial charge in [0.05, 0.1) is 0 Å². The third-order valence-corrected chi connectivity index (χ3v) is 4.62. The molecule has 1 aliphatic heterocycles. The molecule has 0 saturated carbocycles. The molecule has 0 spiro atoms. The zero-order chi connectivity index (χ0) is 18.4. The quantitative estimate of drug-likeness (QED) is 0.338. The molecule has 148 valence electrons. The molecule has 0 aliphatic carbocycles. The van der Waals surface area contributed by atoms with Gasteiger partial charge in [-0.15, -0.1) is 35.3 Å². The van der Waals surface area contributed by atoms with Crippen LogP contribution in [-0.4, -0.2) is 33.0 Å². The lowest BCUT2D eigenvalue weighted by Gasteiger charge is -2.15. The number of alkyl halides is 2. The van der Waals surface area contributed by atoms with Gasteiger partial charge in [-0.2, -0.15) is 8.78 Å². The van der Waals surface area contributed by atoms with E-state index >= 15 is 0 Å². The fourth-order valence-electron chi connectivity index (χ4n) is 2.47. The molecular weight excluding hydrogens is 491 g/mol. The minimum atomic E-state index is -2.92. The summed E-state index contributed by atoms with van der Waals surface area (Å²) in [5, 5.41) is 8.32. The van der Waals surface area contributed by atoms with Crippen LogP contribution >= 0.6 is 35.3 Å². The van der Waals surface area contributed by atoms with Crippen molar-refractivity contribution in [1.82, 2.24) is 10.6 Å². The Morgan fingerprint density at radius 3 is 2.74 bits per heavy atom. The fourth-order valence-corrected chi connectivity index (χ4v) is 3.18. The number of guanidine groups is 1. The van der Waals surface area contributed by atoms with Crippen molar-refractivity contribution in [1.29, 1.82) is 0 Å². The maximum Gasteiger partial charge on any atom is 0.387 e. The van der Waals surface area contributed by atoms with Gasteiger partial charge < -0.3 is 24.8 Å². The molecule has 0 bridgehead atoms.